The molecule has 0 spiro atoms. The van der Waals surface area contributed by atoms with Crippen LogP contribution in [0, 0.1) is 0 Å². The molecule has 2 aromatic heterocycles. The number of nitrogens with one attached hydrogen (secondary N) is 1. The van der Waals surface area contributed by atoms with Gasteiger partial charge in [0.05, 0.1) is 7.11 Å². The van der Waals surface area contributed by atoms with Gasteiger partial charge in [-0.15, -0.1) is 10.2 Å². The molecule has 4 rings (SSSR count). The van der Waals surface area contributed by atoms with Crippen molar-refractivity contribution in [3.63, 3.8) is 0 Å². The summed E-state index contributed by atoms with van der Waals surface area (Å²) in [4.78, 5) is 20.3. The van der Waals surface area contributed by atoms with E-state index >= 15 is 0 Å². The third kappa shape index (κ3) is 4.04. The summed E-state index contributed by atoms with van der Waals surface area (Å²) >= 11 is 0. The number of ether oxygens (including phenoxy) is 1. The highest BCUT2D eigenvalue weighted by Crippen LogP contribution is 2.31. The SMILES string of the molecule is COC(=O)NCc1ccc(-c2nnc(N3CCN(C)[C@@H](C)C3)c3cnccc23)cc1. The number of aromatic nitrogens is 3. The number of piperazine rings is 1. The zero-order valence-electron chi connectivity index (χ0n) is 17.5. The largest absolute Gasteiger partial charge is 0.453 e. The maximum Gasteiger partial charge on any atom is 0.407 e. The van der Waals surface area contributed by atoms with Crippen LogP contribution in [0.4, 0.5) is 10.6 Å². The van der Waals surface area contributed by atoms with Crippen LogP contribution in [0.5, 0.6) is 0 Å². The van der Waals surface area contributed by atoms with Crippen LogP contribution in [0.3, 0.4) is 0 Å². The van der Waals surface area contributed by atoms with Crippen LogP contribution in [-0.4, -0.2) is 66.0 Å². The topological polar surface area (TPSA) is 83.5 Å². The molecule has 1 amide bonds. The van der Waals surface area contributed by atoms with Crippen LogP contribution < -0.4 is 10.2 Å². The van der Waals surface area contributed by atoms with Gasteiger partial charge in [0.15, 0.2) is 5.82 Å². The molecule has 1 N–H and O–H groups in total. The average Bonchev–Trinajstić information content (AvgIpc) is 2.79. The maximum absolute atomic E-state index is 11.3. The van der Waals surface area contributed by atoms with Gasteiger partial charge in [0, 0.05) is 61.0 Å². The van der Waals surface area contributed by atoms with E-state index in [9.17, 15) is 4.79 Å². The first-order valence-electron chi connectivity index (χ1n) is 10.0. The van der Waals surface area contributed by atoms with Gasteiger partial charge in [-0.3, -0.25) is 4.98 Å². The number of carbonyl (C=O) groups excluding carboxylic acids is 1. The number of rotatable bonds is 4. The molecular weight excluding hydrogens is 380 g/mol. The van der Waals surface area contributed by atoms with Crippen LogP contribution in [0.1, 0.15) is 12.5 Å². The summed E-state index contributed by atoms with van der Waals surface area (Å²) in [7, 11) is 3.50. The number of alkyl carbamates (subject to hydrolysis) is 1. The lowest BCUT2D eigenvalue weighted by molar-refractivity contribution is 0.170. The number of benzene rings is 1. The Bertz CT molecular complexity index is 1040. The minimum Gasteiger partial charge on any atom is -0.453 e. The number of nitrogens with zero attached hydrogens (tertiary/aromatic N) is 5. The normalized spacial score (nSPS) is 17.2. The van der Waals surface area contributed by atoms with Crippen LogP contribution in [0.25, 0.3) is 22.0 Å². The highest BCUT2D eigenvalue weighted by Gasteiger charge is 2.24. The van der Waals surface area contributed by atoms with E-state index in [1.165, 1.54) is 7.11 Å². The third-order valence-electron chi connectivity index (χ3n) is 5.67. The lowest BCUT2D eigenvalue weighted by atomic mass is 10.0. The summed E-state index contributed by atoms with van der Waals surface area (Å²) in [6, 6.07) is 10.4. The van der Waals surface area contributed by atoms with Crippen LogP contribution in [0.15, 0.2) is 42.7 Å². The molecule has 1 aliphatic heterocycles. The zero-order valence-corrected chi connectivity index (χ0v) is 17.5. The minimum atomic E-state index is -0.447. The van der Waals surface area contributed by atoms with Crippen molar-refractivity contribution in [1.29, 1.82) is 0 Å². The molecule has 30 heavy (non-hydrogen) atoms. The van der Waals surface area contributed by atoms with E-state index in [0.29, 0.717) is 12.6 Å². The number of hydrogen-bond donors (Lipinski definition) is 1. The molecule has 8 heteroatoms. The van der Waals surface area contributed by atoms with E-state index in [1.807, 2.05) is 36.5 Å². The van der Waals surface area contributed by atoms with Gasteiger partial charge >= 0.3 is 6.09 Å². The molecule has 1 saturated heterocycles. The molecule has 0 unspecified atom stereocenters. The second-order valence-electron chi connectivity index (χ2n) is 7.61. The Labute approximate surface area is 175 Å². The monoisotopic (exact) mass is 406 g/mol. The Balaban J connectivity index is 1.64. The first-order valence-corrected chi connectivity index (χ1v) is 10.0. The quantitative estimate of drug-likeness (QED) is 0.713. The second kappa shape index (κ2) is 8.62. The van der Waals surface area contributed by atoms with E-state index < -0.39 is 6.09 Å². The summed E-state index contributed by atoms with van der Waals surface area (Å²) in [5, 5.41) is 13.9. The van der Waals surface area contributed by atoms with Gasteiger partial charge in [-0.2, -0.15) is 0 Å². The van der Waals surface area contributed by atoms with E-state index in [2.05, 4.69) is 49.0 Å². The van der Waals surface area contributed by atoms with Crippen molar-refractivity contribution in [3.8, 4) is 11.3 Å². The van der Waals surface area contributed by atoms with Gasteiger partial charge in [-0.25, -0.2) is 4.79 Å². The number of hydrogen-bond acceptors (Lipinski definition) is 7. The van der Waals surface area contributed by atoms with Crippen LogP contribution in [0.2, 0.25) is 0 Å². The molecule has 8 nitrogen and oxygen atoms in total. The Morgan fingerprint density at radius 3 is 2.70 bits per heavy atom. The maximum atomic E-state index is 11.3. The molecule has 1 aromatic carbocycles. The molecule has 0 saturated carbocycles. The van der Waals surface area contributed by atoms with Gasteiger partial charge in [0.25, 0.3) is 0 Å². The van der Waals surface area contributed by atoms with Crippen molar-refractivity contribution < 1.29 is 9.53 Å². The Hall–Kier alpha value is -3.26. The Kier molecular flexibility index (Phi) is 5.76. The Morgan fingerprint density at radius 2 is 1.97 bits per heavy atom. The molecule has 1 fully saturated rings. The fraction of sp³-hybridized carbons (Fsp3) is 0.364. The van der Waals surface area contributed by atoms with Gasteiger partial charge in [0.1, 0.15) is 5.69 Å². The molecule has 3 heterocycles. The first kappa shape index (κ1) is 20.0. The predicted molar refractivity (Wildman–Crippen MR) is 116 cm³/mol. The molecule has 0 aliphatic carbocycles. The summed E-state index contributed by atoms with van der Waals surface area (Å²) in [5.74, 6) is 0.890. The number of amides is 1. The smallest absolute Gasteiger partial charge is 0.407 e. The molecule has 156 valence electrons. The van der Waals surface area contributed by atoms with E-state index in [-0.39, 0.29) is 0 Å². The highest BCUT2D eigenvalue weighted by molar-refractivity contribution is 5.99. The van der Waals surface area contributed by atoms with Crippen molar-refractivity contribution in [2.75, 3.05) is 38.7 Å². The van der Waals surface area contributed by atoms with Gasteiger partial charge in [-0.1, -0.05) is 24.3 Å². The van der Waals surface area contributed by atoms with Crippen molar-refractivity contribution in [2.24, 2.45) is 0 Å². The summed E-state index contributed by atoms with van der Waals surface area (Å²) in [6.45, 7) is 5.46. The molecular formula is C22H26N6O2. The van der Waals surface area contributed by atoms with E-state index in [4.69, 9.17) is 0 Å². The number of likely N-dealkylation sites (N-methyl/N-ethyl adjacent to an activating group) is 1. The molecule has 3 aromatic rings. The minimum absolute atomic E-state index is 0.407. The van der Waals surface area contributed by atoms with Gasteiger partial charge in [-0.05, 0) is 25.6 Å². The fourth-order valence-corrected chi connectivity index (χ4v) is 3.70. The first-order chi connectivity index (χ1) is 14.6. The summed E-state index contributed by atoms with van der Waals surface area (Å²) in [6.07, 6.45) is 3.22. The standard InChI is InChI=1S/C22H26N6O2/c1-15-14-28(11-10-27(15)2)21-19-13-23-9-8-18(19)20(25-26-21)17-6-4-16(5-7-17)12-24-22(29)30-3/h4-9,13,15H,10-12,14H2,1-3H3,(H,24,29)/t15-/m0/s1. The van der Waals surface area contributed by atoms with E-state index in [0.717, 1.165) is 53.0 Å². The van der Waals surface area contributed by atoms with Gasteiger partial charge in [0.2, 0.25) is 0 Å². The molecule has 0 bridgehead atoms. The summed E-state index contributed by atoms with van der Waals surface area (Å²) in [5.41, 5.74) is 2.77. The number of anilines is 1. The number of fused-ring (bicyclic) bond motifs is 1. The number of carbonyl (C=O) groups is 1. The summed E-state index contributed by atoms with van der Waals surface area (Å²) < 4.78 is 4.61. The Morgan fingerprint density at radius 1 is 1.17 bits per heavy atom. The van der Waals surface area contributed by atoms with Crippen molar-refractivity contribution in [1.82, 2.24) is 25.4 Å². The number of pyridine rings is 1. The zero-order chi connectivity index (χ0) is 21.1. The second-order valence-corrected chi connectivity index (χ2v) is 7.61. The molecule has 0 radical (unpaired) electrons. The van der Waals surface area contributed by atoms with Crippen molar-refractivity contribution in [2.45, 2.75) is 19.5 Å². The van der Waals surface area contributed by atoms with Crippen LogP contribution >= 0.6 is 0 Å². The van der Waals surface area contributed by atoms with Crippen LogP contribution in [-0.2, 0) is 11.3 Å². The van der Waals surface area contributed by atoms with Crippen molar-refractivity contribution >= 4 is 22.7 Å². The van der Waals surface area contributed by atoms with E-state index in [1.54, 1.807) is 6.20 Å². The average molecular weight is 406 g/mol. The number of methoxy groups -OCH3 is 1. The lowest BCUT2D eigenvalue weighted by Gasteiger charge is -2.38. The lowest BCUT2D eigenvalue weighted by Crippen LogP contribution is -2.50. The molecule has 1 aliphatic rings. The van der Waals surface area contributed by atoms with Gasteiger partial charge < -0.3 is 19.9 Å². The third-order valence-corrected chi connectivity index (χ3v) is 5.67. The predicted octanol–water partition coefficient (Wildman–Crippen LogP) is 2.69. The highest BCUT2D eigenvalue weighted by atomic mass is 16.5. The van der Waals surface area contributed by atoms with Crippen molar-refractivity contribution in [3.05, 3.63) is 48.3 Å². The fourth-order valence-electron chi connectivity index (χ4n) is 3.70. The molecule has 1 atom stereocenters.